The lowest BCUT2D eigenvalue weighted by molar-refractivity contribution is 0.0989. The van der Waals surface area contributed by atoms with E-state index < -0.39 is 0 Å². The van der Waals surface area contributed by atoms with Crippen LogP contribution in [0.5, 0.6) is 0 Å². The molecule has 1 aliphatic heterocycles. The van der Waals surface area contributed by atoms with E-state index in [0.717, 1.165) is 33.8 Å². The predicted molar refractivity (Wildman–Crippen MR) is 137 cm³/mol. The fourth-order valence-electron chi connectivity index (χ4n) is 4.04. The summed E-state index contributed by atoms with van der Waals surface area (Å²) >= 11 is 1.33. The number of benzene rings is 2. The maximum atomic E-state index is 13.3. The number of rotatable bonds is 5. The second-order valence-electron chi connectivity index (χ2n) is 7.78. The number of guanidine groups is 1. The molecule has 5 rings (SSSR count). The molecule has 0 atom stereocenters. The van der Waals surface area contributed by atoms with E-state index in [9.17, 15) is 4.79 Å². The number of aliphatic imine (C=N–C) groups is 1. The van der Waals surface area contributed by atoms with Gasteiger partial charge in [0.15, 0.2) is 5.01 Å². The average molecular weight is 480 g/mol. The van der Waals surface area contributed by atoms with Crippen LogP contribution in [0.25, 0.3) is 11.1 Å². The second kappa shape index (κ2) is 10.2. The molecule has 0 saturated carbocycles. The van der Waals surface area contributed by atoms with Crippen LogP contribution in [0.15, 0.2) is 84.2 Å². The van der Waals surface area contributed by atoms with Gasteiger partial charge in [-0.3, -0.25) is 9.78 Å². The highest BCUT2D eigenvalue weighted by Crippen LogP contribution is 2.37. The largest absolute Gasteiger partial charge is 0.350 e. The van der Waals surface area contributed by atoms with E-state index in [1.165, 1.54) is 16.9 Å². The molecule has 0 saturated heterocycles. The van der Waals surface area contributed by atoms with E-state index in [-0.39, 0.29) is 5.91 Å². The van der Waals surface area contributed by atoms with E-state index in [1.807, 2.05) is 35.2 Å². The molecule has 4 aromatic rings. The number of aromatic nitrogens is 2. The Morgan fingerprint density at radius 2 is 1.94 bits per heavy atom. The van der Waals surface area contributed by atoms with E-state index in [2.05, 4.69) is 43.8 Å². The topological polar surface area (TPSA) is 106 Å². The molecule has 1 aliphatic rings. The Labute approximate surface area is 206 Å². The number of thiazole rings is 1. The molecule has 1 amide bonds. The van der Waals surface area contributed by atoms with E-state index in [4.69, 9.17) is 5.26 Å². The zero-order valence-corrected chi connectivity index (χ0v) is 19.5. The van der Waals surface area contributed by atoms with Gasteiger partial charge in [0.25, 0.3) is 5.91 Å². The first-order valence-electron chi connectivity index (χ1n) is 11.0. The van der Waals surface area contributed by atoms with Gasteiger partial charge in [0.05, 0.1) is 6.54 Å². The van der Waals surface area contributed by atoms with Crippen molar-refractivity contribution in [2.45, 2.75) is 13.0 Å². The van der Waals surface area contributed by atoms with Crippen LogP contribution in [-0.2, 0) is 13.0 Å². The van der Waals surface area contributed by atoms with Gasteiger partial charge < -0.3 is 15.5 Å². The Kier molecular flexibility index (Phi) is 6.46. The highest BCUT2D eigenvalue weighted by Gasteiger charge is 2.29. The Morgan fingerprint density at radius 3 is 2.74 bits per heavy atom. The van der Waals surface area contributed by atoms with Gasteiger partial charge in [-0.1, -0.05) is 42.5 Å². The van der Waals surface area contributed by atoms with Crippen molar-refractivity contribution in [3.63, 3.8) is 0 Å². The van der Waals surface area contributed by atoms with Crippen molar-refractivity contribution in [2.24, 2.45) is 4.99 Å². The van der Waals surface area contributed by atoms with Crippen molar-refractivity contribution in [1.82, 2.24) is 15.3 Å². The van der Waals surface area contributed by atoms with Gasteiger partial charge in [0, 0.05) is 41.4 Å². The summed E-state index contributed by atoms with van der Waals surface area (Å²) in [7, 11) is 0. The molecular weight excluding hydrogens is 458 g/mol. The maximum Gasteiger partial charge on any atom is 0.287 e. The van der Waals surface area contributed by atoms with Crippen molar-refractivity contribution in [3.8, 4) is 17.3 Å². The lowest BCUT2D eigenvalue weighted by Crippen LogP contribution is -2.29. The van der Waals surface area contributed by atoms with Crippen LogP contribution in [0.2, 0.25) is 0 Å². The molecule has 0 bridgehead atoms. The summed E-state index contributed by atoms with van der Waals surface area (Å²) in [5.41, 5.74) is 5.19. The smallest absolute Gasteiger partial charge is 0.287 e. The molecule has 2 aromatic carbocycles. The first kappa shape index (κ1) is 22.3. The van der Waals surface area contributed by atoms with Crippen molar-refractivity contribution in [2.75, 3.05) is 16.8 Å². The van der Waals surface area contributed by atoms with Crippen LogP contribution in [0.1, 0.15) is 20.2 Å². The summed E-state index contributed by atoms with van der Waals surface area (Å²) in [6, 6.07) is 19.9. The van der Waals surface area contributed by atoms with Gasteiger partial charge in [0.2, 0.25) is 12.2 Å². The van der Waals surface area contributed by atoms with Crippen LogP contribution >= 0.6 is 11.3 Å². The molecule has 0 fully saturated rings. The molecule has 35 heavy (non-hydrogen) atoms. The molecule has 9 heteroatoms. The van der Waals surface area contributed by atoms with E-state index in [1.54, 1.807) is 36.9 Å². The number of nitrogens with zero attached hydrogens (tertiary/aromatic N) is 5. The third-order valence-electron chi connectivity index (χ3n) is 5.63. The molecule has 3 heterocycles. The molecule has 172 valence electrons. The minimum Gasteiger partial charge on any atom is -0.350 e. The van der Waals surface area contributed by atoms with E-state index >= 15 is 0 Å². The summed E-state index contributed by atoms with van der Waals surface area (Å²) in [4.78, 5) is 28.1. The summed E-state index contributed by atoms with van der Waals surface area (Å²) in [6.45, 7) is 0.998. The number of carbonyl (C=O) groups is 1. The number of hydrogen-bond acceptors (Lipinski definition) is 6. The van der Waals surface area contributed by atoms with Gasteiger partial charge in [-0.15, -0.1) is 16.3 Å². The number of pyridine rings is 1. The average Bonchev–Trinajstić information content (AvgIpc) is 3.56. The maximum absolute atomic E-state index is 13.3. The Hall–Kier alpha value is -4.55. The van der Waals surface area contributed by atoms with Gasteiger partial charge in [-0.25, -0.2) is 4.98 Å². The molecule has 2 aromatic heterocycles. The van der Waals surface area contributed by atoms with Crippen LogP contribution in [0.4, 0.5) is 11.4 Å². The number of nitriles is 1. The molecule has 0 radical (unpaired) electrons. The summed E-state index contributed by atoms with van der Waals surface area (Å²) in [5, 5.41) is 15.6. The quantitative estimate of drug-likeness (QED) is 0.249. The number of fused-ring (bicyclic) bond motifs is 1. The Bertz CT molecular complexity index is 1410. The fraction of sp³-hybridized carbons (Fsp3) is 0.115. The second-order valence-corrected chi connectivity index (χ2v) is 8.90. The predicted octanol–water partition coefficient (Wildman–Crippen LogP) is 4.45. The monoisotopic (exact) mass is 479 g/mol. The molecule has 0 unspecified atom stereocenters. The summed E-state index contributed by atoms with van der Waals surface area (Å²) < 4.78 is 0. The van der Waals surface area contributed by atoms with Gasteiger partial charge in [-0.2, -0.15) is 5.26 Å². The number of carbonyl (C=O) groups excluding carboxylic acids is 1. The van der Waals surface area contributed by atoms with Crippen molar-refractivity contribution in [1.29, 1.82) is 5.26 Å². The van der Waals surface area contributed by atoms with Crippen molar-refractivity contribution in [3.05, 3.63) is 94.7 Å². The van der Waals surface area contributed by atoms with Crippen LogP contribution < -0.4 is 15.5 Å². The Morgan fingerprint density at radius 1 is 1.11 bits per heavy atom. The number of nitrogens with one attached hydrogen (secondary N) is 2. The molecule has 8 nitrogen and oxygen atoms in total. The highest BCUT2D eigenvalue weighted by atomic mass is 32.1. The van der Waals surface area contributed by atoms with Gasteiger partial charge in [-0.05, 0) is 41.3 Å². The summed E-state index contributed by atoms with van der Waals surface area (Å²) in [5.74, 6) is 0.202. The van der Waals surface area contributed by atoms with Crippen LogP contribution in [0, 0.1) is 11.5 Å². The van der Waals surface area contributed by atoms with Gasteiger partial charge >= 0.3 is 0 Å². The number of hydrogen-bond donors (Lipinski definition) is 2. The van der Waals surface area contributed by atoms with Gasteiger partial charge in [0.1, 0.15) is 0 Å². The normalized spacial score (nSPS) is 12.7. The first-order valence-corrected chi connectivity index (χ1v) is 11.9. The number of anilines is 2. The zero-order valence-electron chi connectivity index (χ0n) is 18.7. The summed E-state index contributed by atoms with van der Waals surface area (Å²) in [6.07, 6.45) is 7.56. The van der Waals surface area contributed by atoms with Crippen molar-refractivity contribution < 1.29 is 4.79 Å². The molecule has 0 spiro atoms. The zero-order chi connectivity index (χ0) is 24.0. The lowest BCUT2D eigenvalue weighted by atomic mass is 9.98. The lowest BCUT2D eigenvalue weighted by Gasteiger charge is -2.16. The van der Waals surface area contributed by atoms with Crippen LogP contribution in [0.3, 0.4) is 0 Å². The van der Waals surface area contributed by atoms with Crippen LogP contribution in [-0.4, -0.2) is 28.4 Å². The minimum atomic E-state index is -0.106. The molecular formula is C26H21N7OS. The standard InChI is InChI=1S/C26H21N7OS/c27-17-31-26(32-19-9-12-28-13-10-19)30-16-20-15-29-24(35-20)25(34)33-14-11-22-21(7-4-8-23(22)33)18-5-2-1-3-6-18/h1-10,12-13,15H,11,14,16H2,(H2,28,30,31,32). The minimum absolute atomic E-state index is 0.106. The van der Waals surface area contributed by atoms with Crippen molar-refractivity contribution >= 4 is 34.6 Å². The third-order valence-corrected chi connectivity index (χ3v) is 6.61. The number of amides is 1. The fourth-order valence-corrected chi connectivity index (χ4v) is 4.84. The van der Waals surface area contributed by atoms with E-state index in [0.29, 0.717) is 24.1 Å². The Balaban J connectivity index is 1.28. The molecule has 0 aliphatic carbocycles. The molecule has 2 N–H and O–H groups in total. The highest BCUT2D eigenvalue weighted by molar-refractivity contribution is 7.13. The third kappa shape index (κ3) is 4.88. The SMILES string of the molecule is N#C/N=C(\NCc1cnc(C(=O)N2CCc3c(-c4ccccc4)cccc32)s1)Nc1ccncc1. The first-order chi connectivity index (χ1) is 17.2.